The number of nitrogens with zero attached hydrogens (tertiary/aromatic N) is 2. The van der Waals surface area contributed by atoms with Gasteiger partial charge in [0.25, 0.3) is 0 Å². The van der Waals surface area contributed by atoms with Crippen molar-refractivity contribution in [3.8, 4) is 0 Å². The summed E-state index contributed by atoms with van der Waals surface area (Å²) in [6.45, 7) is 9.19. The summed E-state index contributed by atoms with van der Waals surface area (Å²) in [4.78, 5) is 17.7. The van der Waals surface area contributed by atoms with Crippen LogP contribution in [0.4, 0.5) is 0 Å². The minimum absolute atomic E-state index is 0.145. The Hall–Kier alpha value is -2.17. The van der Waals surface area contributed by atoms with Crippen LogP contribution in [0.5, 0.6) is 0 Å². The van der Waals surface area contributed by atoms with Gasteiger partial charge in [0, 0.05) is 25.6 Å². The Morgan fingerprint density at radius 1 is 0.867 bits per heavy atom. The zero-order valence-electron chi connectivity index (χ0n) is 18.3. The van der Waals surface area contributed by atoms with E-state index in [9.17, 15) is 4.79 Å². The van der Waals surface area contributed by atoms with Crippen LogP contribution >= 0.6 is 0 Å². The third-order valence-electron chi connectivity index (χ3n) is 6.55. The van der Waals surface area contributed by atoms with E-state index in [1.165, 1.54) is 48.2 Å². The highest BCUT2D eigenvalue weighted by atomic mass is 16.1. The van der Waals surface area contributed by atoms with Crippen molar-refractivity contribution < 1.29 is 4.79 Å². The Morgan fingerprint density at radius 3 is 2.23 bits per heavy atom. The lowest BCUT2D eigenvalue weighted by atomic mass is 9.95. The first-order valence-electron chi connectivity index (χ1n) is 11.5. The normalized spacial score (nSPS) is 18.6. The maximum Gasteiger partial charge on any atom is 0.223 e. The van der Waals surface area contributed by atoms with Gasteiger partial charge in [-0.15, -0.1) is 0 Å². The van der Waals surface area contributed by atoms with Gasteiger partial charge in [-0.3, -0.25) is 14.6 Å². The molecule has 0 unspecified atom stereocenters. The number of carbonyl (C=O) groups excluding carboxylic acids is 1. The topological polar surface area (TPSA) is 35.6 Å². The SMILES string of the molecule is Cc1ccc(CN2CCC(C(=O)NCc3cccc(CN4CCCC4)c3)CC2)cc1. The van der Waals surface area contributed by atoms with Gasteiger partial charge in [-0.05, 0) is 75.5 Å². The number of aryl methyl sites for hydroxylation is 1. The molecule has 4 heteroatoms. The van der Waals surface area contributed by atoms with Crippen molar-refractivity contribution in [3.63, 3.8) is 0 Å². The molecule has 160 valence electrons. The molecule has 2 aromatic rings. The predicted octanol–water partition coefficient (Wildman–Crippen LogP) is 4.12. The van der Waals surface area contributed by atoms with Gasteiger partial charge in [0.1, 0.15) is 0 Å². The first kappa shape index (κ1) is 21.1. The van der Waals surface area contributed by atoms with Crippen molar-refractivity contribution in [2.45, 2.75) is 52.2 Å². The molecule has 0 aromatic heterocycles. The number of rotatable bonds is 7. The molecule has 2 aromatic carbocycles. The van der Waals surface area contributed by atoms with E-state index in [4.69, 9.17) is 0 Å². The summed E-state index contributed by atoms with van der Waals surface area (Å²) in [5.41, 5.74) is 5.22. The molecule has 1 N–H and O–H groups in total. The Labute approximate surface area is 181 Å². The molecule has 1 amide bonds. The summed E-state index contributed by atoms with van der Waals surface area (Å²) < 4.78 is 0. The van der Waals surface area contributed by atoms with Crippen molar-refractivity contribution in [3.05, 3.63) is 70.8 Å². The van der Waals surface area contributed by atoms with Crippen LogP contribution in [0.2, 0.25) is 0 Å². The number of piperidine rings is 1. The third kappa shape index (κ3) is 5.93. The number of carbonyl (C=O) groups is 1. The summed E-state index contributed by atoms with van der Waals surface area (Å²) in [7, 11) is 0. The summed E-state index contributed by atoms with van der Waals surface area (Å²) in [5.74, 6) is 0.363. The van der Waals surface area contributed by atoms with Gasteiger partial charge in [-0.25, -0.2) is 0 Å². The fourth-order valence-electron chi connectivity index (χ4n) is 4.68. The summed E-state index contributed by atoms with van der Waals surface area (Å²) in [5, 5.41) is 3.19. The molecule has 2 saturated heterocycles. The van der Waals surface area contributed by atoms with Gasteiger partial charge in [-0.1, -0.05) is 54.1 Å². The minimum atomic E-state index is 0.145. The molecule has 2 aliphatic rings. The molecule has 4 rings (SSSR count). The first-order chi connectivity index (χ1) is 14.7. The van der Waals surface area contributed by atoms with E-state index in [2.05, 4.69) is 70.6 Å². The van der Waals surface area contributed by atoms with Crippen molar-refractivity contribution in [1.29, 1.82) is 0 Å². The van der Waals surface area contributed by atoms with E-state index in [0.29, 0.717) is 6.54 Å². The van der Waals surface area contributed by atoms with E-state index in [1.807, 2.05) is 0 Å². The molecule has 2 aliphatic heterocycles. The van der Waals surface area contributed by atoms with Crippen LogP contribution in [0, 0.1) is 12.8 Å². The van der Waals surface area contributed by atoms with Gasteiger partial charge in [0.05, 0.1) is 0 Å². The highest BCUT2D eigenvalue weighted by molar-refractivity contribution is 5.78. The lowest BCUT2D eigenvalue weighted by Gasteiger charge is -2.31. The molecular weight excluding hydrogens is 370 g/mol. The highest BCUT2D eigenvalue weighted by Crippen LogP contribution is 2.20. The van der Waals surface area contributed by atoms with Gasteiger partial charge in [0.15, 0.2) is 0 Å². The Morgan fingerprint density at radius 2 is 1.50 bits per heavy atom. The fraction of sp³-hybridized carbons (Fsp3) is 0.500. The Kier molecular flexibility index (Phi) is 7.19. The molecule has 4 nitrogen and oxygen atoms in total. The molecule has 0 radical (unpaired) electrons. The maximum absolute atomic E-state index is 12.7. The molecule has 0 bridgehead atoms. The molecule has 0 atom stereocenters. The van der Waals surface area contributed by atoms with Crippen molar-refractivity contribution >= 4 is 5.91 Å². The average Bonchev–Trinajstić information content (AvgIpc) is 3.27. The van der Waals surface area contributed by atoms with E-state index in [-0.39, 0.29) is 11.8 Å². The third-order valence-corrected chi connectivity index (χ3v) is 6.55. The summed E-state index contributed by atoms with van der Waals surface area (Å²) >= 11 is 0. The Balaban J connectivity index is 1.21. The van der Waals surface area contributed by atoms with Crippen molar-refractivity contribution in [2.75, 3.05) is 26.2 Å². The predicted molar refractivity (Wildman–Crippen MR) is 122 cm³/mol. The van der Waals surface area contributed by atoms with Crippen LogP contribution in [0.1, 0.15) is 47.9 Å². The maximum atomic E-state index is 12.7. The van der Waals surface area contributed by atoms with Gasteiger partial charge in [0.2, 0.25) is 5.91 Å². The second-order valence-electron chi connectivity index (χ2n) is 9.06. The summed E-state index contributed by atoms with van der Waals surface area (Å²) in [6, 6.07) is 17.5. The first-order valence-corrected chi connectivity index (χ1v) is 11.5. The van der Waals surface area contributed by atoms with E-state index < -0.39 is 0 Å². The van der Waals surface area contributed by atoms with E-state index in [1.54, 1.807) is 0 Å². The zero-order valence-corrected chi connectivity index (χ0v) is 18.3. The monoisotopic (exact) mass is 405 g/mol. The smallest absolute Gasteiger partial charge is 0.223 e. The van der Waals surface area contributed by atoms with Crippen LogP contribution in [0.25, 0.3) is 0 Å². The van der Waals surface area contributed by atoms with E-state index >= 15 is 0 Å². The second-order valence-corrected chi connectivity index (χ2v) is 9.06. The van der Waals surface area contributed by atoms with Crippen LogP contribution in [0.15, 0.2) is 48.5 Å². The largest absolute Gasteiger partial charge is 0.352 e. The number of nitrogens with one attached hydrogen (secondary N) is 1. The van der Waals surface area contributed by atoms with E-state index in [0.717, 1.165) is 39.0 Å². The van der Waals surface area contributed by atoms with Crippen molar-refractivity contribution in [1.82, 2.24) is 15.1 Å². The Bertz CT molecular complexity index is 818. The van der Waals surface area contributed by atoms with Crippen molar-refractivity contribution in [2.24, 2.45) is 5.92 Å². The molecule has 2 heterocycles. The average molecular weight is 406 g/mol. The second kappa shape index (κ2) is 10.2. The molecule has 2 fully saturated rings. The number of amides is 1. The molecule has 30 heavy (non-hydrogen) atoms. The number of likely N-dealkylation sites (tertiary alicyclic amines) is 2. The molecule has 0 saturated carbocycles. The van der Waals surface area contributed by atoms with Crippen LogP contribution in [-0.2, 0) is 24.4 Å². The quantitative estimate of drug-likeness (QED) is 0.753. The minimum Gasteiger partial charge on any atom is -0.352 e. The van der Waals surface area contributed by atoms with Crippen LogP contribution in [0.3, 0.4) is 0 Å². The number of hydrogen-bond donors (Lipinski definition) is 1. The van der Waals surface area contributed by atoms with Gasteiger partial charge >= 0.3 is 0 Å². The zero-order chi connectivity index (χ0) is 20.8. The molecule has 0 spiro atoms. The van der Waals surface area contributed by atoms with Crippen LogP contribution < -0.4 is 5.32 Å². The van der Waals surface area contributed by atoms with Crippen LogP contribution in [-0.4, -0.2) is 41.9 Å². The van der Waals surface area contributed by atoms with Gasteiger partial charge in [-0.2, -0.15) is 0 Å². The number of hydrogen-bond acceptors (Lipinski definition) is 3. The summed E-state index contributed by atoms with van der Waals surface area (Å²) in [6.07, 6.45) is 4.54. The fourth-order valence-corrected chi connectivity index (χ4v) is 4.68. The number of benzene rings is 2. The lowest BCUT2D eigenvalue weighted by Crippen LogP contribution is -2.40. The standard InChI is InChI=1S/C26H35N3O/c1-21-7-9-22(10-8-21)19-29-15-11-25(12-16-29)26(30)27-18-23-5-4-6-24(17-23)20-28-13-2-3-14-28/h4-10,17,25H,2-3,11-16,18-20H2,1H3,(H,27,30). The molecule has 0 aliphatic carbocycles. The molecular formula is C26H35N3O. The van der Waals surface area contributed by atoms with Gasteiger partial charge < -0.3 is 5.32 Å². The highest BCUT2D eigenvalue weighted by Gasteiger charge is 2.24. The lowest BCUT2D eigenvalue weighted by molar-refractivity contribution is -0.126.